The number of halogens is 1. The molecule has 19 heavy (non-hydrogen) atoms. The van der Waals surface area contributed by atoms with Crippen molar-refractivity contribution in [1.29, 1.82) is 0 Å². The van der Waals surface area contributed by atoms with E-state index in [1.807, 2.05) is 18.2 Å². The Hall–Kier alpha value is -1.74. The summed E-state index contributed by atoms with van der Waals surface area (Å²) in [6.07, 6.45) is 6.40. The third kappa shape index (κ3) is 4.14. The molecule has 0 aliphatic rings. The number of pyridine rings is 1. The van der Waals surface area contributed by atoms with Crippen molar-refractivity contribution >= 4 is 0 Å². The van der Waals surface area contributed by atoms with Crippen LogP contribution in [-0.4, -0.2) is 11.5 Å². The quantitative estimate of drug-likeness (QED) is 0.863. The SMILES string of the molecule is NCCC(CCc1cccc(F)c1)c1ccncc1. The lowest BCUT2D eigenvalue weighted by molar-refractivity contribution is 0.579. The van der Waals surface area contributed by atoms with Crippen LogP contribution in [0.5, 0.6) is 0 Å². The number of nitrogens with two attached hydrogens (primary N) is 1. The van der Waals surface area contributed by atoms with Crippen LogP contribution in [0, 0.1) is 5.82 Å². The predicted octanol–water partition coefficient (Wildman–Crippen LogP) is 3.29. The van der Waals surface area contributed by atoms with Gasteiger partial charge in [0.05, 0.1) is 0 Å². The molecule has 0 spiro atoms. The molecule has 0 radical (unpaired) electrons. The third-order valence-electron chi connectivity index (χ3n) is 3.36. The third-order valence-corrected chi connectivity index (χ3v) is 3.36. The predicted molar refractivity (Wildman–Crippen MR) is 75.4 cm³/mol. The van der Waals surface area contributed by atoms with E-state index in [0.717, 1.165) is 24.8 Å². The maximum Gasteiger partial charge on any atom is 0.123 e. The van der Waals surface area contributed by atoms with Gasteiger partial charge in [-0.25, -0.2) is 4.39 Å². The van der Waals surface area contributed by atoms with Crippen LogP contribution in [-0.2, 0) is 6.42 Å². The van der Waals surface area contributed by atoms with E-state index in [1.165, 1.54) is 11.6 Å². The summed E-state index contributed by atoms with van der Waals surface area (Å²) in [7, 11) is 0. The molecule has 0 aliphatic heterocycles. The maximum absolute atomic E-state index is 13.1. The lowest BCUT2D eigenvalue weighted by Gasteiger charge is -2.16. The fourth-order valence-corrected chi connectivity index (χ4v) is 2.35. The van der Waals surface area contributed by atoms with Crippen LogP contribution < -0.4 is 5.73 Å². The number of aryl methyl sites for hydroxylation is 1. The zero-order valence-corrected chi connectivity index (χ0v) is 10.9. The van der Waals surface area contributed by atoms with Crippen LogP contribution in [0.25, 0.3) is 0 Å². The summed E-state index contributed by atoms with van der Waals surface area (Å²) in [6.45, 7) is 0.663. The molecular weight excluding hydrogens is 239 g/mol. The number of benzene rings is 1. The molecule has 1 aromatic heterocycles. The van der Waals surface area contributed by atoms with Gasteiger partial charge in [-0.2, -0.15) is 0 Å². The second-order valence-corrected chi connectivity index (χ2v) is 4.72. The number of nitrogens with zero attached hydrogens (tertiary/aromatic N) is 1. The van der Waals surface area contributed by atoms with Crippen LogP contribution in [0.2, 0.25) is 0 Å². The smallest absolute Gasteiger partial charge is 0.123 e. The van der Waals surface area contributed by atoms with Crippen molar-refractivity contribution in [2.24, 2.45) is 5.73 Å². The molecule has 2 nitrogen and oxygen atoms in total. The Morgan fingerprint density at radius 1 is 1.11 bits per heavy atom. The molecule has 1 aromatic carbocycles. The largest absolute Gasteiger partial charge is 0.330 e. The molecule has 2 aromatic rings. The van der Waals surface area contributed by atoms with Gasteiger partial charge >= 0.3 is 0 Å². The van der Waals surface area contributed by atoms with Gasteiger partial charge in [0.2, 0.25) is 0 Å². The molecule has 3 heteroatoms. The van der Waals surface area contributed by atoms with Gasteiger partial charge in [-0.05, 0) is 67.1 Å². The second kappa shape index (κ2) is 7.00. The summed E-state index contributed by atoms with van der Waals surface area (Å²) >= 11 is 0. The van der Waals surface area contributed by atoms with Gasteiger partial charge in [0.15, 0.2) is 0 Å². The maximum atomic E-state index is 13.1. The molecule has 0 bridgehead atoms. The van der Waals surface area contributed by atoms with Crippen LogP contribution in [0.4, 0.5) is 4.39 Å². The highest BCUT2D eigenvalue weighted by molar-refractivity contribution is 5.19. The number of aromatic nitrogens is 1. The van der Waals surface area contributed by atoms with Gasteiger partial charge in [-0.3, -0.25) is 4.98 Å². The first kappa shape index (κ1) is 13.7. The van der Waals surface area contributed by atoms with E-state index in [0.29, 0.717) is 12.5 Å². The standard InChI is InChI=1S/C16H19FN2/c17-16-3-1-2-13(12-16)4-5-14(6-9-18)15-7-10-19-11-8-15/h1-3,7-8,10-12,14H,4-6,9,18H2. The Balaban J connectivity index is 2.01. The lowest BCUT2D eigenvalue weighted by Crippen LogP contribution is -2.08. The van der Waals surface area contributed by atoms with Gasteiger partial charge in [0.25, 0.3) is 0 Å². The molecule has 0 amide bonds. The van der Waals surface area contributed by atoms with Crippen molar-refractivity contribution in [1.82, 2.24) is 4.98 Å². The van der Waals surface area contributed by atoms with E-state index in [4.69, 9.17) is 5.73 Å². The second-order valence-electron chi connectivity index (χ2n) is 4.72. The first-order valence-corrected chi connectivity index (χ1v) is 6.64. The molecule has 2 rings (SSSR count). The van der Waals surface area contributed by atoms with Crippen molar-refractivity contribution in [2.45, 2.75) is 25.2 Å². The lowest BCUT2D eigenvalue weighted by atomic mass is 9.90. The molecule has 0 saturated carbocycles. The van der Waals surface area contributed by atoms with E-state index in [2.05, 4.69) is 4.98 Å². The molecule has 2 N–H and O–H groups in total. The summed E-state index contributed by atoms with van der Waals surface area (Å²) in [5, 5.41) is 0. The van der Waals surface area contributed by atoms with Crippen molar-refractivity contribution < 1.29 is 4.39 Å². The van der Waals surface area contributed by atoms with Crippen molar-refractivity contribution in [2.75, 3.05) is 6.54 Å². The Bertz CT molecular complexity index is 499. The zero-order chi connectivity index (χ0) is 13.5. The van der Waals surface area contributed by atoms with Crippen LogP contribution in [0.1, 0.15) is 29.9 Å². The Kier molecular flexibility index (Phi) is 5.04. The van der Waals surface area contributed by atoms with Gasteiger partial charge in [0.1, 0.15) is 5.82 Å². The first-order valence-electron chi connectivity index (χ1n) is 6.64. The highest BCUT2D eigenvalue weighted by atomic mass is 19.1. The van der Waals surface area contributed by atoms with Crippen molar-refractivity contribution in [3.05, 3.63) is 65.7 Å². The van der Waals surface area contributed by atoms with E-state index < -0.39 is 0 Å². The van der Waals surface area contributed by atoms with Crippen molar-refractivity contribution in [3.63, 3.8) is 0 Å². The van der Waals surface area contributed by atoms with Gasteiger partial charge < -0.3 is 5.73 Å². The molecule has 100 valence electrons. The van der Waals surface area contributed by atoms with E-state index in [1.54, 1.807) is 24.5 Å². The Labute approximate surface area is 113 Å². The van der Waals surface area contributed by atoms with Crippen LogP contribution in [0.15, 0.2) is 48.8 Å². The minimum Gasteiger partial charge on any atom is -0.330 e. The van der Waals surface area contributed by atoms with Crippen LogP contribution >= 0.6 is 0 Å². The summed E-state index contributed by atoms with van der Waals surface area (Å²) < 4.78 is 13.1. The molecule has 1 atom stereocenters. The fourth-order valence-electron chi connectivity index (χ4n) is 2.35. The van der Waals surface area contributed by atoms with E-state index in [-0.39, 0.29) is 5.82 Å². The summed E-state index contributed by atoms with van der Waals surface area (Å²) in [4.78, 5) is 4.04. The van der Waals surface area contributed by atoms with Gasteiger partial charge in [-0.1, -0.05) is 12.1 Å². The van der Waals surface area contributed by atoms with Gasteiger partial charge in [0, 0.05) is 12.4 Å². The van der Waals surface area contributed by atoms with Crippen molar-refractivity contribution in [3.8, 4) is 0 Å². The van der Waals surface area contributed by atoms with Crippen LogP contribution in [0.3, 0.4) is 0 Å². The molecule has 1 heterocycles. The Morgan fingerprint density at radius 3 is 2.58 bits per heavy atom. The van der Waals surface area contributed by atoms with Gasteiger partial charge in [-0.15, -0.1) is 0 Å². The van der Waals surface area contributed by atoms with E-state index in [9.17, 15) is 4.39 Å². The number of rotatable bonds is 6. The summed E-state index contributed by atoms with van der Waals surface area (Å²) in [6, 6.07) is 10.9. The highest BCUT2D eigenvalue weighted by Crippen LogP contribution is 2.24. The first-order chi connectivity index (χ1) is 9.29. The normalized spacial score (nSPS) is 12.3. The molecule has 0 saturated heterocycles. The molecule has 1 unspecified atom stereocenters. The topological polar surface area (TPSA) is 38.9 Å². The fraction of sp³-hybridized carbons (Fsp3) is 0.312. The average Bonchev–Trinajstić information content (AvgIpc) is 2.44. The summed E-state index contributed by atoms with van der Waals surface area (Å²) in [5.74, 6) is 0.244. The molecule has 0 fully saturated rings. The minimum atomic E-state index is -0.170. The monoisotopic (exact) mass is 258 g/mol. The summed E-state index contributed by atoms with van der Waals surface area (Å²) in [5.41, 5.74) is 7.98. The number of hydrogen-bond acceptors (Lipinski definition) is 2. The number of hydrogen-bond donors (Lipinski definition) is 1. The minimum absolute atomic E-state index is 0.170. The molecular formula is C16H19FN2. The highest BCUT2D eigenvalue weighted by Gasteiger charge is 2.10. The Morgan fingerprint density at radius 2 is 1.89 bits per heavy atom. The zero-order valence-electron chi connectivity index (χ0n) is 10.9. The average molecular weight is 258 g/mol. The molecule has 0 aliphatic carbocycles. The van der Waals surface area contributed by atoms with E-state index >= 15 is 0 Å².